The average molecular weight is 374 g/mol. The van der Waals surface area contributed by atoms with Crippen LogP contribution in [-0.2, 0) is 9.59 Å². The topological polar surface area (TPSA) is 58.2 Å². The smallest absolute Gasteiger partial charge is 0.234 e. The highest BCUT2D eigenvalue weighted by atomic mass is 32.2. The van der Waals surface area contributed by atoms with Gasteiger partial charge in [0.05, 0.1) is 11.0 Å². The van der Waals surface area contributed by atoms with Gasteiger partial charge in [-0.3, -0.25) is 9.59 Å². The standard InChI is InChI=1S/C20H23FN2O2S/c1-14(16-6-4-3-5-7-16)12-22-20(25)15(2)26-13-19(24)23-18-10-8-17(21)9-11-18/h3-11,14-15H,12-13H2,1-2H3,(H,22,25)(H,23,24). The van der Waals surface area contributed by atoms with Crippen molar-refractivity contribution in [3.05, 3.63) is 66.0 Å². The number of anilines is 1. The summed E-state index contributed by atoms with van der Waals surface area (Å²) in [6.07, 6.45) is 0. The molecule has 4 nitrogen and oxygen atoms in total. The first-order valence-corrected chi connectivity index (χ1v) is 9.50. The molecule has 0 aliphatic rings. The normalized spacial score (nSPS) is 12.9. The molecule has 0 radical (unpaired) electrons. The van der Waals surface area contributed by atoms with Crippen molar-refractivity contribution in [1.29, 1.82) is 0 Å². The third-order valence-corrected chi connectivity index (χ3v) is 5.06. The Morgan fingerprint density at radius 1 is 1.04 bits per heavy atom. The van der Waals surface area contributed by atoms with Crippen LogP contribution in [0.4, 0.5) is 10.1 Å². The first kappa shape index (κ1) is 20.0. The number of thioether (sulfide) groups is 1. The Labute approximate surface area is 157 Å². The SMILES string of the molecule is CC(SCC(=O)Nc1ccc(F)cc1)C(=O)NCC(C)c1ccccc1. The highest BCUT2D eigenvalue weighted by Crippen LogP contribution is 2.15. The van der Waals surface area contributed by atoms with Gasteiger partial charge in [-0.1, -0.05) is 37.3 Å². The van der Waals surface area contributed by atoms with Crippen molar-refractivity contribution in [3.8, 4) is 0 Å². The Morgan fingerprint density at radius 2 is 1.69 bits per heavy atom. The van der Waals surface area contributed by atoms with Crippen molar-refractivity contribution in [2.24, 2.45) is 0 Å². The van der Waals surface area contributed by atoms with Gasteiger partial charge in [-0.05, 0) is 42.7 Å². The average Bonchev–Trinajstić information content (AvgIpc) is 2.66. The maximum Gasteiger partial charge on any atom is 0.234 e. The lowest BCUT2D eigenvalue weighted by Gasteiger charge is -2.16. The van der Waals surface area contributed by atoms with E-state index in [0.29, 0.717) is 12.2 Å². The van der Waals surface area contributed by atoms with Crippen molar-refractivity contribution >= 4 is 29.3 Å². The fourth-order valence-corrected chi connectivity index (χ4v) is 3.01. The molecule has 0 spiro atoms. The van der Waals surface area contributed by atoms with E-state index in [1.807, 2.05) is 30.3 Å². The van der Waals surface area contributed by atoms with E-state index in [9.17, 15) is 14.0 Å². The molecule has 2 amide bonds. The predicted molar refractivity (Wildman–Crippen MR) is 105 cm³/mol. The number of halogens is 1. The van der Waals surface area contributed by atoms with Crippen LogP contribution in [0.25, 0.3) is 0 Å². The van der Waals surface area contributed by atoms with Crippen LogP contribution < -0.4 is 10.6 Å². The number of carbonyl (C=O) groups excluding carboxylic acids is 2. The zero-order valence-electron chi connectivity index (χ0n) is 14.9. The van der Waals surface area contributed by atoms with Crippen LogP contribution in [0.1, 0.15) is 25.3 Å². The van der Waals surface area contributed by atoms with Gasteiger partial charge >= 0.3 is 0 Å². The summed E-state index contributed by atoms with van der Waals surface area (Å²) < 4.78 is 12.8. The Bertz CT molecular complexity index is 722. The number of rotatable bonds is 8. The van der Waals surface area contributed by atoms with Gasteiger partial charge in [-0.2, -0.15) is 0 Å². The second-order valence-electron chi connectivity index (χ2n) is 6.07. The molecule has 2 atom stereocenters. The third kappa shape index (κ3) is 6.52. The molecule has 2 rings (SSSR count). The molecular formula is C20H23FN2O2S. The summed E-state index contributed by atoms with van der Waals surface area (Å²) in [6, 6.07) is 15.6. The van der Waals surface area contributed by atoms with Crippen molar-refractivity contribution in [2.45, 2.75) is 25.0 Å². The number of carbonyl (C=O) groups is 2. The van der Waals surface area contributed by atoms with Gasteiger partial charge in [0.1, 0.15) is 5.82 Å². The molecule has 0 heterocycles. The van der Waals surface area contributed by atoms with Gasteiger partial charge in [-0.15, -0.1) is 11.8 Å². The first-order valence-electron chi connectivity index (χ1n) is 8.45. The molecule has 2 unspecified atom stereocenters. The number of nitrogens with one attached hydrogen (secondary N) is 2. The Morgan fingerprint density at radius 3 is 2.35 bits per heavy atom. The fraction of sp³-hybridized carbons (Fsp3) is 0.300. The number of hydrogen-bond acceptors (Lipinski definition) is 3. The third-order valence-electron chi connectivity index (χ3n) is 3.91. The molecule has 0 bridgehead atoms. The molecule has 2 N–H and O–H groups in total. The molecule has 2 aromatic carbocycles. The Kier molecular flexibility index (Phi) is 7.66. The van der Waals surface area contributed by atoms with Gasteiger partial charge in [-0.25, -0.2) is 4.39 Å². The molecule has 6 heteroatoms. The molecule has 2 aromatic rings. The zero-order chi connectivity index (χ0) is 18.9. The quantitative estimate of drug-likeness (QED) is 0.739. The monoisotopic (exact) mass is 374 g/mol. The number of amides is 2. The summed E-state index contributed by atoms with van der Waals surface area (Å²) in [6.45, 7) is 4.39. The second kappa shape index (κ2) is 9.97. The first-order chi connectivity index (χ1) is 12.5. The van der Waals surface area contributed by atoms with Crippen LogP contribution in [0, 0.1) is 5.82 Å². The van der Waals surface area contributed by atoms with E-state index in [0.717, 1.165) is 0 Å². The van der Waals surface area contributed by atoms with Crippen LogP contribution in [0.2, 0.25) is 0 Å². The molecule has 138 valence electrons. The molecule has 0 aromatic heterocycles. The van der Waals surface area contributed by atoms with Crippen molar-refractivity contribution in [1.82, 2.24) is 5.32 Å². The molecule has 0 saturated carbocycles. The van der Waals surface area contributed by atoms with Gasteiger partial charge in [0.2, 0.25) is 11.8 Å². The predicted octanol–water partition coefficient (Wildman–Crippen LogP) is 3.81. The van der Waals surface area contributed by atoms with Gasteiger partial charge in [0.15, 0.2) is 0 Å². The van der Waals surface area contributed by atoms with E-state index in [2.05, 4.69) is 17.6 Å². The summed E-state index contributed by atoms with van der Waals surface area (Å²) in [5, 5.41) is 5.27. The highest BCUT2D eigenvalue weighted by molar-refractivity contribution is 8.01. The fourth-order valence-electron chi connectivity index (χ4n) is 2.30. The number of benzene rings is 2. The van der Waals surface area contributed by atoms with Crippen molar-refractivity contribution in [3.63, 3.8) is 0 Å². The number of hydrogen-bond donors (Lipinski definition) is 2. The summed E-state index contributed by atoms with van der Waals surface area (Å²) >= 11 is 1.26. The highest BCUT2D eigenvalue weighted by Gasteiger charge is 2.16. The minimum absolute atomic E-state index is 0.0904. The van der Waals surface area contributed by atoms with E-state index in [1.165, 1.54) is 41.6 Å². The molecule has 26 heavy (non-hydrogen) atoms. The summed E-state index contributed by atoms with van der Waals surface area (Å²) in [5.41, 5.74) is 1.71. The van der Waals surface area contributed by atoms with E-state index >= 15 is 0 Å². The van der Waals surface area contributed by atoms with Gasteiger partial charge in [0.25, 0.3) is 0 Å². The zero-order valence-corrected chi connectivity index (χ0v) is 15.7. The Hall–Kier alpha value is -2.34. The van der Waals surface area contributed by atoms with E-state index < -0.39 is 0 Å². The minimum Gasteiger partial charge on any atom is -0.355 e. The summed E-state index contributed by atoms with van der Waals surface area (Å²) in [5.74, 6) is -0.294. The molecule has 0 aliphatic heterocycles. The van der Waals surface area contributed by atoms with Crippen LogP contribution in [-0.4, -0.2) is 29.4 Å². The largest absolute Gasteiger partial charge is 0.355 e. The lowest BCUT2D eigenvalue weighted by Crippen LogP contribution is -2.34. The maximum atomic E-state index is 12.8. The lowest BCUT2D eigenvalue weighted by molar-refractivity contribution is -0.120. The van der Waals surface area contributed by atoms with E-state index in [4.69, 9.17) is 0 Å². The van der Waals surface area contributed by atoms with Gasteiger partial charge < -0.3 is 10.6 Å². The molecule has 0 saturated heterocycles. The summed E-state index contributed by atoms with van der Waals surface area (Å²) in [4.78, 5) is 24.1. The van der Waals surface area contributed by atoms with Gasteiger partial charge in [0, 0.05) is 12.2 Å². The molecule has 0 fully saturated rings. The summed E-state index contributed by atoms with van der Waals surface area (Å²) in [7, 11) is 0. The molecule has 0 aliphatic carbocycles. The van der Waals surface area contributed by atoms with E-state index in [-0.39, 0.29) is 34.6 Å². The lowest BCUT2D eigenvalue weighted by atomic mass is 10.0. The van der Waals surface area contributed by atoms with Crippen LogP contribution in [0.3, 0.4) is 0 Å². The van der Waals surface area contributed by atoms with Crippen molar-refractivity contribution < 1.29 is 14.0 Å². The Balaban J connectivity index is 1.71. The maximum absolute atomic E-state index is 12.8. The van der Waals surface area contributed by atoms with E-state index in [1.54, 1.807) is 6.92 Å². The second-order valence-corrected chi connectivity index (χ2v) is 7.39. The van der Waals surface area contributed by atoms with Crippen LogP contribution >= 0.6 is 11.8 Å². The molecular weight excluding hydrogens is 351 g/mol. The van der Waals surface area contributed by atoms with Crippen LogP contribution in [0.5, 0.6) is 0 Å². The minimum atomic E-state index is -0.354. The van der Waals surface area contributed by atoms with Crippen molar-refractivity contribution in [2.75, 3.05) is 17.6 Å². The van der Waals surface area contributed by atoms with Crippen LogP contribution in [0.15, 0.2) is 54.6 Å².